The van der Waals surface area contributed by atoms with E-state index in [2.05, 4.69) is 52.4 Å². The highest BCUT2D eigenvalue weighted by molar-refractivity contribution is 5.93. The number of rotatable bonds is 6. The molecule has 27 heavy (non-hydrogen) atoms. The Kier molecular flexibility index (Phi) is 6.48. The van der Waals surface area contributed by atoms with E-state index < -0.39 is 0 Å². The van der Waals surface area contributed by atoms with Gasteiger partial charge in [0.25, 0.3) is 0 Å². The number of aryl methyl sites for hydroxylation is 1. The van der Waals surface area contributed by atoms with Gasteiger partial charge in [-0.25, -0.2) is 0 Å². The van der Waals surface area contributed by atoms with Crippen LogP contribution in [-0.4, -0.2) is 50.7 Å². The van der Waals surface area contributed by atoms with Gasteiger partial charge in [-0.15, -0.1) is 0 Å². The van der Waals surface area contributed by atoms with E-state index in [0.717, 1.165) is 44.1 Å². The molecule has 5 heteroatoms. The van der Waals surface area contributed by atoms with Crippen molar-refractivity contribution >= 4 is 17.3 Å². The van der Waals surface area contributed by atoms with Crippen molar-refractivity contribution in [2.24, 2.45) is 0 Å². The minimum absolute atomic E-state index is 0.00931. The van der Waals surface area contributed by atoms with Gasteiger partial charge in [-0.2, -0.15) is 0 Å². The molecule has 1 saturated heterocycles. The summed E-state index contributed by atoms with van der Waals surface area (Å²) in [5.74, 6) is 0.00931. The van der Waals surface area contributed by atoms with Crippen molar-refractivity contribution in [2.45, 2.75) is 20.4 Å². The number of ether oxygens (including phenoxy) is 1. The second kappa shape index (κ2) is 9.02. The Labute approximate surface area is 161 Å². The topological polar surface area (TPSA) is 44.8 Å². The zero-order chi connectivity index (χ0) is 19.2. The SMILES string of the molecule is Cc1cccc(NC(=O)CN(C)Cc2ccccc2N2CCOCC2)c1C. The summed E-state index contributed by atoms with van der Waals surface area (Å²) in [6, 6.07) is 14.4. The van der Waals surface area contributed by atoms with Crippen molar-refractivity contribution in [2.75, 3.05) is 50.1 Å². The van der Waals surface area contributed by atoms with Gasteiger partial charge in [-0.05, 0) is 49.7 Å². The van der Waals surface area contributed by atoms with Crippen molar-refractivity contribution in [3.8, 4) is 0 Å². The van der Waals surface area contributed by atoms with Crippen LogP contribution < -0.4 is 10.2 Å². The number of benzene rings is 2. The molecule has 0 spiro atoms. The molecule has 0 atom stereocenters. The molecule has 1 aliphatic rings. The Morgan fingerprint density at radius 3 is 2.63 bits per heavy atom. The molecular weight excluding hydrogens is 338 g/mol. The van der Waals surface area contributed by atoms with Crippen molar-refractivity contribution in [1.82, 2.24) is 4.90 Å². The molecule has 0 aromatic heterocycles. The second-order valence-corrected chi connectivity index (χ2v) is 7.20. The zero-order valence-electron chi connectivity index (χ0n) is 16.5. The summed E-state index contributed by atoms with van der Waals surface area (Å²) in [6.07, 6.45) is 0. The lowest BCUT2D eigenvalue weighted by atomic mass is 10.1. The Morgan fingerprint density at radius 2 is 1.85 bits per heavy atom. The minimum Gasteiger partial charge on any atom is -0.378 e. The summed E-state index contributed by atoms with van der Waals surface area (Å²) < 4.78 is 5.46. The predicted molar refractivity (Wildman–Crippen MR) is 110 cm³/mol. The molecule has 0 bridgehead atoms. The van der Waals surface area contributed by atoms with Crippen LogP contribution in [0.15, 0.2) is 42.5 Å². The third-order valence-corrected chi connectivity index (χ3v) is 5.08. The summed E-state index contributed by atoms with van der Waals surface area (Å²) in [5, 5.41) is 3.04. The van der Waals surface area contributed by atoms with Gasteiger partial charge in [-0.3, -0.25) is 9.69 Å². The molecule has 2 aromatic rings. The van der Waals surface area contributed by atoms with Crippen molar-refractivity contribution < 1.29 is 9.53 Å². The summed E-state index contributed by atoms with van der Waals surface area (Å²) in [6.45, 7) is 8.53. The molecular formula is C22H29N3O2. The van der Waals surface area contributed by atoms with E-state index in [-0.39, 0.29) is 5.91 Å². The predicted octanol–water partition coefficient (Wildman–Crippen LogP) is 3.21. The minimum atomic E-state index is 0.00931. The van der Waals surface area contributed by atoms with Crippen LogP contribution in [0.1, 0.15) is 16.7 Å². The first-order valence-electron chi connectivity index (χ1n) is 9.50. The summed E-state index contributed by atoms with van der Waals surface area (Å²) >= 11 is 0. The van der Waals surface area contributed by atoms with Crippen LogP contribution in [0.3, 0.4) is 0 Å². The second-order valence-electron chi connectivity index (χ2n) is 7.20. The summed E-state index contributed by atoms with van der Waals surface area (Å²) in [4.78, 5) is 16.9. The molecule has 144 valence electrons. The number of anilines is 2. The molecule has 2 aromatic carbocycles. The van der Waals surface area contributed by atoms with E-state index in [1.54, 1.807) is 0 Å². The maximum atomic E-state index is 12.5. The molecule has 3 rings (SSSR count). The van der Waals surface area contributed by atoms with Gasteiger partial charge < -0.3 is 15.0 Å². The number of nitrogens with one attached hydrogen (secondary N) is 1. The maximum Gasteiger partial charge on any atom is 0.238 e. The number of hydrogen-bond donors (Lipinski definition) is 1. The molecule has 1 heterocycles. The number of morpholine rings is 1. The van der Waals surface area contributed by atoms with Crippen molar-refractivity contribution in [3.63, 3.8) is 0 Å². The van der Waals surface area contributed by atoms with E-state index in [1.165, 1.54) is 16.8 Å². The number of carbonyl (C=O) groups is 1. The van der Waals surface area contributed by atoms with Gasteiger partial charge in [0, 0.05) is 31.0 Å². The van der Waals surface area contributed by atoms with Crippen LogP contribution in [0.2, 0.25) is 0 Å². The molecule has 0 radical (unpaired) electrons. The highest BCUT2D eigenvalue weighted by atomic mass is 16.5. The Morgan fingerprint density at radius 1 is 1.11 bits per heavy atom. The molecule has 0 unspecified atom stereocenters. The summed E-state index contributed by atoms with van der Waals surface area (Å²) in [7, 11) is 1.98. The molecule has 1 N–H and O–H groups in total. The molecule has 5 nitrogen and oxygen atoms in total. The summed E-state index contributed by atoms with van der Waals surface area (Å²) in [5.41, 5.74) is 5.66. The smallest absolute Gasteiger partial charge is 0.238 e. The lowest BCUT2D eigenvalue weighted by molar-refractivity contribution is -0.117. The first-order valence-corrected chi connectivity index (χ1v) is 9.50. The van der Waals surface area contributed by atoms with Gasteiger partial charge in [0.1, 0.15) is 0 Å². The van der Waals surface area contributed by atoms with Crippen LogP contribution in [0, 0.1) is 13.8 Å². The van der Waals surface area contributed by atoms with E-state index in [9.17, 15) is 4.79 Å². The normalized spacial score (nSPS) is 14.4. The van der Waals surface area contributed by atoms with Gasteiger partial charge >= 0.3 is 0 Å². The zero-order valence-corrected chi connectivity index (χ0v) is 16.5. The molecule has 1 aliphatic heterocycles. The van der Waals surface area contributed by atoms with E-state index >= 15 is 0 Å². The number of carbonyl (C=O) groups excluding carboxylic acids is 1. The molecule has 1 fully saturated rings. The van der Waals surface area contributed by atoms with E-state index in [4.69, 9.17) is 4.74 Å². The highest BCUT2D eigenvalue weighted by Crippen LogP contribution is 2.23. The van der Waals surface area contributed by atoms with Crippen LogP contribution in [0.4, 0.5) is 11.4 Å². The monoisotopic (exact) mass is 367 g/mol. The van der Waals surface area contributed by atoms with Crippen molar-refractivity contribution in [1.29, 1.82) is 0 Å². The van der Waals surface area contributed by atoms with Gasteiger partial charge in [-0.1, -0.05) is 30.3 Å². The third kappa shape index (κ3) is 5.08. The first-order chi connectivity index (χ1) is 13.0. The maximum absolute atomic E-state index is 12.5. The lowest BCUT2D eigenvalue weighted by Crippen LogP contribution is -2.37. The van der Waals surface area contributed by atoms with Gasteiger partial charge in [0.2, 0.25) is 5.91 Å². The van der Waals surface area contributed by atoms with Gasteiger partial charge in [0.05, 0.1) is 19.8 Å². The Balaban J connectivity index is 1.61. The number of nitrogens with zero attached hydrogens (tertiary/aromatic N) is 2. The van der Waals surface area contributed by atoms with Gasteiger partial charge in [0.15, 0.2) is 0 Å². The quantitative estimate of drug-likeness (QED) is 0.852. The van der Waals surface area contributed by atoms with Crippen LogP contribution in [-0.2, 0) is 16.1 Å². The number of para-hydroxylation sites is 1. The number of hydrogen-bond acceptors (Lipinski definition) is 4. The standard InChI is InChI=1S/C22H29N3O2/c1-17-7-6-9-20(18(17)2)23-22(26)16-24(3)15-19-8-4-5-10-21(19)25-11-13-27-14-12-25/h4-10H,11-16H2,1-3H3,(H,23,26). The molecule has 1 amide bonds. The average molecular weight is 367 g/mol. The molecule has 0 aliphatic carbocycles. The number of amides is 1. The fourth-order valence-corrected chi connectivity index (χ4v) is 3.43. The van der Waals surface area contributed by atoms with Crippen molar-refractivity contribution in [3.05, 3.63) is 59.2 Å². The van der Waals surface area contributed by atoms with E-state index in [1.807, 2.05) is 26.1 Å². The fourth-order valence-electron chi connectivity index (χ4n) is 3.43. The van der Waals surface area contributed by atoms with E-state index in [0.29, 0.717) is 6.54 Å². The lowest BCUT2D eigenvalue weighted by Gasteiger charge is -2.31. The van der Waals surface area contributed by atoms with Crippen LogP contribution in [0.5, 0.6) is 0 Å². The van der Waals surface area contributed by atoms with Crippen LogP contribution >= 0.6 is 0 Å². The van der Waals surface area contributed by atoms with Crippen LogP contribution in [0.25, 0.3) is 0 Å². The highest BCUT2D eigenvalue weighted by Gasteiger charge is 2.16. The molecule has 0 saturated carbocycles. The Hall–Kier alpha value is -2.37. The number of likely N-dealkylation sites (N-methyl/N-ethyl adjacent to an activating group) is 1. The fraction of sp³-hybridized carbons (Fsp3) is 0.409. The largest absolute Gasteiger partial charge is 0.378 e. The average Bonchev–Trinajstić information content (AvgIpc) is 2.66. The Bertz CT molecular complexity index is 785. The third-order valence-electron chi connectivity index (χ3n) is 5.08. The first kappa shape index (κ1) is 19.4.